The molecular formula is C13H18N2O2. The lowest BCUT2D eigenvalue weighted by Crippen LogP contribution is -2.47. The Hall–Kier alpha value is -1.55. The minimum Gasteiger partial charge on any atom is -0.394 e. The zero-order valence-electron chi connectivity index (χ0n) is 9.80. The maximum Gasteiger partial charge on any atom is 0.322 e. The van der Waals surface area contributed by atoms with Crippen molar-refractivity contribution in [2.24, 2.45) is 0 Å². The molecule has 0 spiro atoms. The van der Waals surface area contributed by atoms with E-state index in [0.717, 1.165) is 31.5 Å². The molecule has 0 saturated carbocycles. The first-order valence-electron chi connectivity index (χ1n) is 6.05. The van der Waals surface area contributed by atoms with Gasteiger partial charge in [0.05, 0.1) is 12.6 Å². The number of carbonyl (C=O) groups excluding carboxylic acids is 1. The van der Waals surface area contributed by atoms with E-state index in [2.05, 4.69) is 5.32 Å². The van der Waals surface area contributed by atoms with Crippen molar-refractivity contribution in [3.05, 3.63) is 30.3 Å². The number of aliphatic hydroxyl groups excluding tert-OH is 1. The Kier molecular flexibility index (Phi) is 3.98. The van der Waals surface area contributed by atoms with Gasteiger partial charge < -0.3 is 15.3 Å². The van der Waals surface area contributed by atoms with E-state index < -0.39 is 0 Å². The molecule has 1 saturated heterocycles. The van der Waals surface area contributed by atoms with Gasteiger partial charge in [0, 0.05) is 12.2 Å². The van der Waals surface area contributed by atoms with E-state index in [4.69, 9.17) is 0 Å². The van der Waals surface area contributed by atoms with Crippen LogP contribution in [0.5, 0.6) is 0 Å². The number of nitrogens with zero attached hydrogens (tertiary/aromatic N) is 1. The summed E-state index contributed by atoms with van der Waals surface area (Å²) in [6, 6.07) is 9.24. The van der Waals surface area contributed by atoms with Crippen LogP contribution in [-0.2, 0) is 0 Å². The molecule has 2 N–H and O–H groups in total. The Labute approximate surface area is 101 Å². The van der Waals surface area contributed by atoms with Gasteiger partial charge in [-0.1, -0.05) is 18.2 Å². The van der Waals surface area contributed by atoms with Gasteiger partial charge in [-0.2, -0.15) is 0 Å². The van der Waals surface area contributed by atoms with Gasteiger partial charge in [-0.25, -0.2) is 4.79 Å². The molecule has 1 aromatic carbocycles. The van der Waals surface area contributed by atoms with Gasteiger partial charge in [-0.15, -0.1) is 0 Å². The number of piperidine rings is 1. The highest BCUT2D eigenvalue weighted by Crippen LogP contribution is 2.18. The van der Waals surface area contributed by atoms with Crippen molar-refractivity contribution in [3.8, 4) is 0 Å². The van der Waals surface area contributed by atoms with Crippen molar-refractivity contribution >= 4 is 11.7 Å². The topological polar surface area (TPSA) is 52.6 Å². The highest BCUT2D eigenvalue weighted by Gasteiger charge is 2.25. The van der Waals surface area contributed by atoms with Gasteiger partial charge in [0.1, 0.15) is 0 Å². The maximum absolute atomic E-state index is 12.0. The predicted octanol–water partition coefficient (Wildman–Crippen LogP) is 2.07. The van der Waals surface area contributed by atoms with Crippen molar-refractivity contribution in [1.29, 1.82) is 0 Å². The second kappa shape index (κ2) is 5.68. The summed E-state index contributed by atoms with van der Waals surface area (Å²) >= 11 is 0. The van der Waals surface area contributed by atoms with E-state index in [1.54, 1.807) is 4.90 Å². The lowest BCUT2D eigenvalue weighted by atomic mass is 10.0. The molecule has 0 aliphatic carbocycles. The molecule has 1 fully saturated rings. The van der Waals surface area contributed by atoms with Crippen molar-refractivity contribution in [2.75, 3.05) is 18.5 Å². The number of anilines is 1. The van der Waals surface area contributed by atoms with Crippen LogP contribution in [0.4, 0.5) is 10.5 Å². The predicted molar refractivity (Wildman–Crippen MR) is 66.9 cm³/mol. The molecule has 1 aliphatic rings. The van der Waals surface area contributed by atoms with Crippen LogP contribution < -0.4 is 5.32 Å². The average Bonchev–Trinajstić information content (AvgIpc) is 2.40. The number of hydrogen-bond donors (Lipinski definition) is 2. The van der Waals surface area contributed by atoms with Crippen molar-refractivity contribution in [1.82, 2.24) is 4.90 Å². The molecule has 2 amide bonds. The van der Waals surface area contributed by atoms with E-state index >= 15 is 0 Å². The number of likely N-dealkylation sites (tertiary alicyclic amines) is 1. The quantitative estimate of drug-likeness (QED) is 0.823. The van der Waals surface area contributed by atoms with E-state index in [0.29, 0.717) is 0 Å². The molecule has 1 unspecified atom stereocenters. The number of amides is 2. The van der Waals surface area contributed by atoms with Gasteiger partial charge in [-0.3, -0.25) is 0 Å². The summed E-state index contributed by atoms with van der Waals surface area (Å²) in [5, 5.41) is 12.1. The summed E-state index contributed by atoms with van der Waals surface area (Å²) in [4.78, 5) is 13.8. The summed E-state index contributed by atoms with van der Waals surface area (Å²) in [5.41, 5.74) is 0.791. The summed E-state index contributed by atoms with van der Waals surface area (Å²) in [5.74, 6) is 0. The van der Waals surface area contributed by atoms with E-state index in [9.17, 15) is 9.90 Å². The minimum atomic E-state index is -0.116. The standard InChI is InChI=1S/C13H18N2O2/c16-10-12-8-4-5-9-15(12)13(17)14-11-6-2-1-3-7-11/h1-3,6-7,12,16H,4-5,8-10H2,(H,14,17). The average molecular weight is 234 g/mol. The summed E-state index contributed by atoms with van der Waals surface area (Å²) in [6.07, 6.45) is 2.98. The number of rotatable bonds is 2. The zero-order chi connectivity index (χ0) is 12.1. The van der Waals surface area contributed by atoms with Crippen LogP contribution in [0.2, 0.25) is 0 Å². The van der Waals surface area contributed by atoms with E-state index in [-0.39, 0.29) is 18.7 Å². The summed E-state index contributed by atoms with van der Waals surface area (Å²) in [6.45, 7) is 0.770. The van der Waals surface area contributed by atoms with Crippen LogP contribution in [-0.4, -0.2) is 35.2 Å². The van der Waals surface area contributed by atoms with Crippen LogP contribution in [0.1, 0.15) is 19.3 Å². The second-order valence-corrected chi connectivity index (χ2v) is 4.32. The van der Waals surface area contributed by atoms with E-state index in [1.807, 2.05) is 30.3 Å². The third-order valence-electron chi connectivity index (χ3n) is 3.12. The van der Waals surface area contributed by atoms with Crippen LogP contribution in [0, 0.1) is 0 Å². The number of carbonyl (C=O) groups is 1. The number of urea groups is 1. The molecule has 17 heavy (non-hydrogen) atoms. The molecule has 4 heteroatoms. The van der Waals surface area contributed by atoms with Crippen molar-refractivity contribution in [3.63, 3.8) is 0 Å². The first kappa shape index (κ1) is 11.9. The molecule has 0 bridgehead atoms. The first-order valence-corrected chi connectivity index (χ1v) is 6.05. The number of para-hydroxylation sites is 1. The van der Waals surface area contributed by atoms with Crippen LogP contribution >= 0.6 is 0 Å². The Bertz CT molecular complexity index is 367. The Morgan fingerprint density at radius 1 is 1.35 bits per heavy atom. The zero-order valence-corrected chi connectivity index (χ0v) is 9.80. The smallest absolute Gasteiger partial charge is 0.322 e. The van der Waals surface area contributed by atoms with Gasteiger partial charge >= 0.3 is 6.03 Å². The molecule has 0 radical (unpaired) electrons. The van der Waals surface area contributed by atoms with Crippen LogP contribution in [0.3, 0.4) is 0 Å². The van der Waals surface area contributed by atoms with Gasteiger partial charge in [0.2, 0.25) is 0 Å². The number of aliphatic hydroxyl groups is 1. The molecule has 1 aliphatic heterocycles. The van der Waals surface area contributed by atoms with E-state index in [1.165, 1.54) is 0 Å². The fourth-order valence-corrected chi connectivity index (χ4v) is 2.17. The highest BCUT2D eigenvalue weighted by atomic mass is 16.3. The van der Waals surface area contributed by atoms with Gasteiger partial charge in [0.15, 0.2) is 0 Å². The number of nitrogens with one attached hydrogen (secondary N) is 1. The summed E-state index contributed by atoms with van der Waals surface area (Å²) in [7, 11) is 0. The fourth-order valence-electron chi connectivity index (χ4n) is 2.17. The van der Waals surface area contributed by atoms with Crippen LogP contribution in [0.25, 0.3) is 0 Å². The fraction of sp³-hybridized carbons (Fsp3) is 0.462. The second-order valence-electron chi connectivity index (χ2n) is 4.32. The molecular weight excluding hydrogens is 216 g/mol. The normalized spacial score (nSPS) is 20.1. The maximum atomic E-state index is 12.0. The molecule has 1 aromatic rings. The monoisotopic (exact) mass is 234 g/mol. The van der Waals surface area contributed by atoms with Crippen LogP contribution in [0.15, 0.2) is 30.3 Å². The minimum absolute atomic E-state index is 0.0348. The Morgan fingerprint density at radius 3 is 2.82 bits per heavy atom. The van der Waals surface area contributed by atoms with Gasteiger partial charge in [-0.05, 0) is 31.4 Å². The molecule has 1 heterocycles. The summed E-state index contributed by atoms with van der Waals surface area (Å²) < 4.78 is 0. The Balaban J connectivity index is 1.99. The molecule has 92 valence electrons. The largest absolute Gasteiger partial charge is 0.394 e. The third-order valence-corrected chi connectivity index (χ3v) is 3.12. The van der Waals surface area contributed by atoms with Crippen molar-refractivity contribution < 1.29 is 9.90 Å². The molecule has 1 atom stereocenters. The lowest BCUT2D eigenvalue weighted by Gasteiger charge is -2.34. The lowest BCUT2D eigenvalue weighted by molar-refractivity contribution is 0.115. The number of hydrogen-bond acceptors (Lipinski definition) is 2. The highest BCUT2D eigenvalue weighted by molar-refractivity contribution is 5.89. The SMILES string of the molecule is O=C(Nc1ccccc1)N1CCCCC1CO. The third kappa shape index (κ3) is 2.97. The van der Waals surface area contributed by atoms with Crippen molar-refractivity contribution in [2.45, 2.75) is 25.3 Å². The Morgan fingerprint density at radius 2 is 2.12 bits per heavy atom. The molecule has 2 rings (SSSR count). The molecule has 0 aromatic heterocycles. The van der Waals surface area contributed by atoms with Gasteiger partial charge in [0.25, 0.3) is 0 Å². The molecule has 4 nitrogen and oxygen atoms in total. The first-order chi connectivity index (χ1) is 8.31. The number of benzene rings is 1.